The molecule has 0 saturated carbocycles. The van der Waals surface area contributed by atoms with Gasteiger partial charge in [-0.2, -0.15) is 0 Å². The van der Waals surface area contributed by atoms with E-state index >= 15 is 0 Å². The number of hydrogen-bond acceptors (Lipinski definition) is 3. The molecule has 4 nitrogen and oxygen atoms in total. The molecular formula is C44H41NO3. The van der Waals surface area contributed by atoms with Crippen LogP contribution in [-0.4, -0.2) is 4.57 Å². The minimum atomic E-state index is 0.537. The molecular weight excluding hydrogens is 590 g/mol. The Labute approximate surface area is 283 Å². The monoisotopic (exact) mass is 631 g/mol. The molecule has 0 amide bonds. The summed E-state index contributed by atoms with van der Waals surface area (Å²) in [5, 5.41) is 2.49. The average molecular weight is 632 g/mol. The summed E-state index contributed by atoms with van der Waals surface area (Å²) in [6.45, 7) is 4.54. The first-order chi connectivity index (χ1) is 23.7. The zero-order chi connectivity index (χ0) is 32.7. The summed E-state index contributed by atoms with van der Waals surface area (Å²) >= 11 is 0. The van der Waals surface area contributed by atoms with Crippen LogP contribution in [0.3, 0.4) is 0 Å². The maximum Gasteiger partial charge on any atom is 0.173 e. The Bertz CT molecular complexity index is 2050. The molecule has 1 atom stereocenters. The summed E-state index contributed by atoms with van der Waals surface area (Å²) in [6.07, 6.45) is 5.56. The molecule has 7 aromatic rings. The molecule has 4 heteroatoms. The molecule has 0 aliphatic rings. The van der Waals surface area contributed by atoms with E-state index in [1.54, 1.807) is 0 Å². The maximum atomic E-state index is 6.75. The van der Waals surface area contributed by atoms with Crippen LogP contribution in [0.1, 0.15) is 45.1 Å². The number of fused-ring (bicyclic) bond motifs is 3. The smallest absolute Gasteiger partial charge is 0.173 e. The lowest BCUT2D eigenvalue weighted by molar-refractivity contribution is 0.402. The molecule has 0 radical (unpaired) electrons. The Hall–Kier alpha value is -5.48. The molecule has 0 spiro atoms. The van der Waals surface area contributed by atoms with Crippen LogP contribution >= 0.6 is 0 Å². The minimum absolute atomic E-state index is 0.537. The van der Waals surface area contributed by atoms with E-state index in [0.717, 1.165) is 47.1 Å². The minimum Gasteiger partial charge on any atom is -0.457 e. The zero-order valence-corrected chi connectivity index (χ0v) is 27.6. The average Bonchev–Trinajstić information content (AvgIpc) is 3.47. The molecule has 1 unspecified atom stereocenters. The van der Waals surface area contributed by atoms with Crippen molar-refractivity contribution in [1.29, 1.82) is 0 Å². The summed E-state index contributed by atoms with van der Waals surface area (Å²) in [4.78, 5) is 0. The van der Waals surface area contributed by atoms with Crippen molar-refractivity contribution < 1.29 is 14.2 Å². The Kier molecular flexibility index (Phi) is 9.42. The first-order valence-corrected chi connectivity index (χ1v) is 17.1. The predicted octanol–water partition coefficient (Wildman–Crippen LogP) is 12.9. The van der Waals surface area contributed by atoms with Crippen molar-refractivity contribution in [3.63, 3.8) is 0 Å². The van der Waals surface area contributed by atoms with Gasteiger partial charge >= 0.3 is 0 Å². The van der Waals surface area contributed by atoms with E-state index in [2.05, 4.69) is 97.3 Å². The summed E-state index contributed by atoms with van der Waals surface area (Å²) < 4.78 is 22.0. The van der Waals surface area contributed by atoms with Crippen molar-refractivity contribution in [2.24, 2.45) is 5.92 Å². The molecule has 0 saturated heterocycles. The molecule has 1 aromatic heterocycles. The lowest BCUT2D eigenvalue weighted by atomic mass is 9.91. The molecule has 240 valence electrons. The van der Waals surface area contributed by atoms with E-state index in [1.807, 2.05) is 66.7 Å². The van der Waals surface area contributed by atoms with Crippen molar-refractivity contribution in [3.05, 3.63) is 151 Å². The number of hydrogen-bond donors (Lipinski definition) is 0. The Morgan fingerprint density at radius 2 is 1.02 bits per heavy atom. The van der Waals surface area contributed by atoms with E-state index in [4.69, 9.17) is 14.2 Å². The fraction of sp³-hybridized carbons (Fsp3) is 0.182. The first kappa shape index (κ1) is 31.1. The van der Waals surface area contributed by atoms with Crippen molar-refractivity contribution >= 4 is 21.8 Å². The largest absolute Gasteiger partial charge is 0.457 e. The normalized spacial score (nSPS) is 11.9. The number of benzene rings is 6. The van der Waals surface area contributed by atoms with Gasteiger partial charge in [0, 0.05) is 22.5 Å². The highest BCUT2D eigenvalue weighted by atomic mass is 16.5. The highest BCUT2D eigenvalue weighted by molar-refractivity contribution is 6.09. The number of aromatic nitrogens is 1. The lowest BCUT2D eigenvalue weighted by Gasteiger charge is -2.21. The van der Waals surface area contributed by atoms with Gasteiger partial charge in [0.1, 0.15) is 23.0 Å². The van der Waals surface area contributed by atoms with Crippen LogP contribution < -0.4 is 14.2 Å². The van der Waals surface area contributed by atoms with Gasteiger partial charge in [-0.15, -0.1) is 0 Å². The standard InChI is InChI=1S/C44H41NO3/c1-3-5-16-32(4-2)29-33-30-43(47-35-17-8-6-9-18-35)44(48-36-19-10-7-11-20-36)31-42(33)46-37-27-25-34(26-28-37)45-40-23-14-12-21-38(40)39-22-13-15-24-41(39)45/h6-15,17-28,30-32H,3-5,16,29H2,1-2H3. The third-order valence-electron chi connectivity index (χ3n) is 9.02. The van der Waals surface area contributed by atoms with Gasteiger partial charge in [-0.3, -0.25) is 0 Å². The first-order valence-electron chi connectivity index (χ1n) is 17.1. The quantitative estimate of drug-likeness (QED) is 0.127. The van der Waals surface area contributed by atoms with Crippen LogP contribution in [0.25, 0.3) is 27.5 Å². The molecule has 0 aliphatic heterocycles. The van der Waals surface area contributed by atoms with Crippen LogP contribution in [0.4, 0.5) is 0 Å². The summed E-state index contributed by atoms with van der Waals surface area (Å²) in [5.41, 5.74) is 4.56. The van der Waals surface area contributed by atoms with Crippen molar-refractivity contribution in [3.8, 4) is 40.2 Å². The van der Waals surface area contributed by atoms with Gasteiger partial charge in [0.05, 0.1) is 11.0 Å². The second-order valence-corrected chi connectivity index (χ2v) is 12.3. The van der Waals surface area contributed by atoms with Crippen LogP contribution in [0.15, 0.2) is 146 Å². The summed E-state index contributed by atoms with van der Waals surface area (Å²) in [6, 6.07) is 49.3. The molecule has 7 rings (SSSR count). The highest BCUT2D eigenvalue weighted by Crippen LogP contribution is 2.43. The SMILES string of the molecule is CCCCC(CC)Cc1cc(Oc2ccccc2)c(Oc2ccccc2)cc1Oc1ccc(-n2c3ccccc3c3ccccc32)cc1. The van der Waals surface area contributed by atoms with Gasteiger partial charge in [0.15, 0.2) is 11.5 Å². The summed E-state index contributed by atoms with van der Waals surface area (Å²) in [5.74, 6) is 4.85. The number of para-hydroxylation sites is 4. The Morgan fingerprint density at radius 1 is 0.521 bits per heavy atom. The van der Waals surface area contributed by atoms with E-state index < -0.39 is 0 Å². The fourth-order valence-corrected chi connectivity index (χ4v) is 6.47. The van der Waals surface area contributed by atoms with Gasteiger partial charge in [-0.05, 0) is 84.6 Å². The molecule has 1 heterocycles. The van der Waals surface area contributed by atoms with E-state index in [0.29, 0.717) is 17.4 Å². The second kappa shape index (κ2) is 14.5. The van der Waals surface area contributed by atoms with Crippen LogP contribution in [0.5, 0.6) is 34.5 Å². The molecule has 0 bridgehead atoms. The van der Waals surface area contributed by atoms with Crippen molar-refractivity contribution in [2.75, 3.05) is 0 Å². The Morgan fingerprint density at radius 3 is 1.58 bits per heavy atom. The number of nitrogens with zero attached hydrogens (tertiary/aromatic N) is 1. The molecule has 48 heavy (non-hydrogen) atoms. The van der Waals surface area contributed by atoms with Gasteiger partial charge < -0.3 is 18.8 Å². The topological polar surface area (TPSA) is 32.6 Å². The van der Waals surface area contributed by atoms with Crippen molar-refractivity contribution in [2.45, 2.75) is 46.0 Å². The van der Waals surface area contributed by atoms with Gasteiger partial charge in [0.25, 0.3) is 0 Å². The Balaban J connectivity index is 1.27. The number of ether oxygens (including phenoxy) is 3. The van der Waals surface area contributed by atoms with Crippen LogP contribution in [0, 0.1) is 5.92 Å². The van der Waals surface area contributed by atoms with Crippen LogP contribution in [0.2, 0.25) is 0 Å². The van der Waals surface area contributed by atoms with E-state index in [1.165, 1.54) is 41.1 Å². The van der Waals surface area contributed by atoms with Crippen molar-refractivity contribution in [1.82, 2.24) is 4.57 Å². The number of unbranched alkanes of at least 4 members (excludes halogenated alkanes) is 1. The van der Waals surface area contributed by atoms with Gasteiger partial charge in [0.2, 0.25) is 0 Å². The molecule has 6 aromatic carbocycles. The number of rotatable bonds is 13. The summed E-state index contributed by atoms with van der Waals surface area (Å²) in [7, 11) is 0. The van der Waals surface area contributed by atoms with E-state index in [-0.39, 0.29) is 0 Å². The predicted molar refractivity (Wildman–Crippen MR) is 197 cm³/mol. The molecule has 0 fully saturated rings. The third kappa shape index (κ3) is 6.79. The van der Waals surface area contributed by atoms with Gasteiger partial charge in [-0.25, -0.2) is 0 Å². The fourth-order valence-electron chi connectivity index (χ4n) is 6.47. The molecule has 0 N–H and O–H groups in total. The van der Waals surface area contributed by atoms with Crippen LogP contribution in [-0.2, 0) is 6.42 Å². The second-order valence-electron chi connectivity index (χ2n) is 12.3. The highest BCUT2D eigenvalue weighted by Gasteiger charge is 2.19. The van der Waals surface area contributed by atoms with E-state index in [9.17, 15) is 0 Å². The molecule has 0 aliphatic carbocycles. The maximum absolute atomic E-state index is 6.75. The van der Waals surface area contributed by atoms with Gasteiger partial charge in [-0.1, -0.05) is 112 Å². The zero-order valence-electron chi connectivity index (χ0n) is 27.6. The lowest BCUT2D eigenvalue weighted by Crippen LogP contribution is -2.06. The third-order valence-corrected chi connectivity index (χ3v) is 9.02.